The summed E-state index contributed by atoms with van der Waals surface area (Å²) in [7, 11) is 1.70. The van der Waals surface area contributed by atoms with E-state index < -0.39 is 0 Å². The van der Waals surface area contributed by atoms with Gasteiger partial charge in [-0.3, -0.25) is 4.90 Å². The number of methoxy groups -OCH3 is 1. The highest BCUT2D eigenvalue weighted by Gasteiger charge is 2.28. The number of nitrogens with zero attached hydrogens (tertiary/aromatic N) is 1. The maximum absolute atomic E-state index is 13.6. The maximum atomic E-state index is 13.6. The second-order valence-electron chi connectivity index (χ2n) is 4.97. The summed E-state index contributed by atoms with van der Waals surface area (Å²) >= 11 is 0. The molecule has 1 aromatic carbocycles. The molecule has 0 spiro atoms. The summed E-state index contributed by atoms with van der Waals surface area (Å²) in [6.07, 6.45) is 2.45. The molecule has 0 aromatic heterocycles. The van der Waals surface area contributed by atoms with Crippen LogP contribution in [0, 0.1) is 17.7 Å². The number of hydrogen-bond donors (Lipinski definition) is 1. The van der Waals surface area contributed by atoms with Gasteiger partial charge in [0.05, 0.1) is 12.2 Å². The normalized spacial score (nSPS) is 14.2. The predicted octanol–water partition coefficient (Wildman–Crippen LogP) is 1.78. The van der Waals surface area contributed by atoms with Gasteiger partial charge in [0, 0.05) is 26.2 Å². The van der Waals surface area contributed by atoms with E-state index in [-0.39, 0.29) is 12.4 Å². The number of halogens is 1. The zero-order valence-electron chi connectivity index (χ0n) is 11.7. The second kappa shape index (κ2) is 7.39. The quantitative estimate of drug-likeness (QED) is 0.805. The third-order valence-corrected chi connectivity index (χ3v) is 3.36. The summed E-state index contributed by atoms with van der Waals surface area (Å²) in [4.78, 5) is 2.36. The van der Waals surface area contributed by atoms with Crippen molar-refractivity contribution in [3.05, 3.63) is 35.1 Å². The summed E-state index contributed by atoms with van der Waals surface area (Å²) in [5.41, 5.74) is 1.38. The number of aliphatic hydroxyl groups is 1. The summed E-state index contributed by atoms with van der Waals surface area (Å²) < 4.78 is 18.7. The highest BCUT2D eigenvalue weighted by molar-refractivity contribution is 5.38. The van der Waals surface area contributed by atoms with Crippen molar-refractivity contribution < 1.29 is 14.2 Å². The Kier molecular flexibility index (Phi) is 5.54. The Bertz CT molecular complexity index is 503. The van der Waals surface area contributed by atoms with Crippen molar-refractivity contribution in [1.82, 2.24) is 4.90 Å². The molecular weight excluding hydrogens is 257 g/mol. The van der Waals surface area contributed by atoms with Crippen LogP contribution in [0.2, 0.25) is 0 Å². The number of ether oxygens (including phenoxy) is 1. The topological polar surface area (TPSA) is 32.7 Å². The zero-order chi connectivity index (χ0) is 14.4. The van der Waals surface area contributed by atoms with E-state index in [0.717, 1.165) is 18.7 Å². The lowest BCUT2D eigenvalue weighted by Crippen LogP contribution is -2.29. The van der Waals surface area contributed by atoms with Crippen LogP contribution in [0.5, 0.6) is 0 Å². The van der Waals surface area contributed by atoms with Gasteiger partial charge in [0.15, 0.2) is 0 Å². The molecule has 1 saturated carbocycles. The Morgan fingerprint density at radius 1 is 1.45 bits per heavy atom. The van der Waals surface area contributed by atoms with Crippen LogP contribution >= 0.6 is 0 Å². The van der Waals surface area contributed by atoms with Gasteiger partial charge >= 0.3 is 0 Å². The fourth-order valence-corrected chi connectivity index (χ4v) is 2.17. The minimum absolute atomic E-state index is 0.258. The first kappa shape index (κ1) is 15.0. The van der Waals surface area contributed by atoms with E-state index in [9.17, 15) is 4.39 Å². The van der Waals surface area contributed by atoms with E-state index >= 15 is 0 Å². The second-order valence-corrected chi connectivity index (χ2v) is 4.97. The molecule has 1 aliphatic rings. The van der Waals surface area contributed by atoms with Crippen LogP contribution in [-0.4, -0.2) is 42.9 Å². The van der Waals surface area contributed by atoms with Gasteiger partial charge in [-0.05, 0) is 30.5 Å². The molecule has 1 N–H and O–H groups in total. The lowest BCUT2D eigenvalue weighted by Gasteiger charge is -2.21. The first-order valence-corrected chi connectivity index (χ1v) is 6.85. The Hall–Kier alpha value is -1.41. The molecule has 0 radical (unpaired) electrons. The molecular formula is C16H20FNO2. The van der Waals surface area contributed by atoms with E-state index in [0.29, 0.717) is 18.2 Å². The smallest absolute Gasteiger partial charge is 0.138 e. The highest BCUT2D eigenvalue weighted by atomic mass is 19.1. The molecule has 20 heavy (non-hydrogen) atoms. The van der Waals surface area contributed by atoms with E-state index in [1.54, 1.807) is 19.2 Å². The minimum atomic E-state index is -0.343. The third-order valence-electron chi connectivity index (χ3n) is 3.36. The average Bonchev–Trinajstić information content (AvgIpc) is 3.28. The predicted molar refractivity (Wildman–Crippen MR) is 75.7 cm³/mol. The molecule has 4 heteroatoms. The van der Waals surface area contributed by atoms with Gasteiger partial charge in [-0.2, -0.15) is 0 Å². The minimum Gasteiger partial charge on any atom is -0.384 e. The van der Waals surface area contributed by atoms with Crippen molar-refractivity contribution in [2.45, 2.75) is 25.4 Å². The number of benzene rings is 1. The van der Waals surface area contributed by atoms with Crippen molar-refractivity contribution in [2.75, 3.05) is 26.9 Å². The summed E-state index contributed by atoms with van der Waals surface area (Å²) in [5.74, 6) is 4.79. The van der Waals surface area contributed by atoms with Crippen LogP contribution in [0.1, 0.15) is 24.0 Å². The standard InChI is InChI=1S/C16H20FNO2/c1-20-10-8-18(15-5-6-15)12-13-4-7-16(17)14(11-13)3-2-9-19/h4,7,11,15,19H,5-6,8-10,12H2,1H3. The number of rotatable bonds is 6. The van der Waals surface area contributed by atoms with Gasteiger partial charge in [0.25, 0.3) is 0 Å². The first-order valence-electron chi connectivity index (χ1n) is 6.85. The molecule has 1 aromatic rings. The molecule has 0 heterocycles. The lowest BCUT2D eigenvalue weighted by atomic mass is 10.1. The molecule has 2 rings (SSSR count). The molecule has 1 aliphatic carbocycles. The Labute approximate surface area is 119 Å². The first-order chi connectivity index (χ1) is 9.74. The van der Waals surface area contributed by atoms with Crippen molar-refractivity contribution in [2.24, 2.45) is 0 Å². The largest absolute Gasteiger partial charge is 0.384 e. The van der Waals surface area contributed by atoms with E-state index in [1.807, 2.05) is 0 Å². The van der Waals surface area contributed by atoms with Gasteiger partial charge in [0.2, 0.25) is 0 Å². The zero-order valence-corrected chi connectivity index (χ0v) is 11.7. The van der Waals surface area contributed by atoms with Gasteiger partial charge in [-0.15, -0.1) is 0 Å². The van der Waals surface area contributed by atoms with Crippen LogP contribution in [0.3, 0.4) is 0 Å². The van der Waals surface area contributed by atoms with Crippen LogP contribution in [-0.2, 0) is 11.3 Å². The molecule has 0 bridgehead atoms. The molecule has 1 fully saturated rings. The van der Waals surface area contributed by atoms with Crippen LogP contribution < -0.4 is 0 Å². The highest BCUT2D eigenvalue weighted by Crippen LogP contribution is 2.28. The van der Waals surface area contributed by atoms with E-state index in [4.69, 9.17) is 9.84 Å². The van der Waals surface area contributed by atoms with Crippen LogP contribution in [0.4, 0.5) is 4.39 Å². The Morgan fingerprint density at radius 3 is 2.90 bits per heavy atom. The third kappa shape index (κ3) is 4.31. The maximum Gasteiger partial charge on any atom is 0.138 e. The fraction of sp³-hybridized carbons (Fsp3) is 0.500. The molecule has 0 atom stereocenters. The van der Waals surface area contributed by atoms with E-state index in [2.05, 4.69) is 16.7 Å². The molecule has 108 valence electrons. The van der Waals surface area contributed by atoms with Crippen molar-refractivity contribution in [1.29, 1.82) is 0 Å². The van der Waals surface area contributed by atoms with Crippen LogP contribution in [0.15, 0.2) is 18.2 Å². The van der Waals surface area contributed by atoms with Crippen molar-refractivity contribution >= 4 is 0 Å². The molecule has 0 aliphatic heterocycles. The van der Waals surface area contributed by atoms with Gasteiger partial charge in [-0.1, -0.05) is 17.9 Å². The van der Waals surface area contributed by atoms with Gasteiger partial charge < -0.3 is 9.84 Å². The SMILES string of the molecule is COCCN(Cc1ccc(F)c(C#CCO)c1)C1CC1. The average molecular weight is 277 g/mol. The summed E-state index contributed by atoms with van der Waals surface area (Å²) in [6, 6.07) is 5.63. The fourth-order valence-electron chi connectivity index (χ4n) is 2.17. The van der Waals surface area contributed by atoms with Crippen molar-refractivity contribution in [3.63, 3.8) is 0 Å². The number of aliphatic hydroxyl groups excluding tert-OH is 1. The monoisotopic (exact) mass is 277 g/mol. The van der Waals surface area contributed by atoms with Gasteiger partial charge in [0.1, 0.15) is 12.4 Å². The summed E-state index contributed by atoms with van der Waals surface area (Å²) in [5, 5.41) is 8.69. The number of hydrogen-bond acceptors (Lipinski definition) is 3. The van der Waals surface area contributed by atoms with E-state index in [1.165, 1.54) is 18.9 Å². The molecule has 0 amide bonds. The van der Waals surface area contributed by atoms with Crippen molar-refractivity contribution in [3.8, 4) is 11.8 Å². The summed E-state index contributed by atoms with van der Waals surface area (Å²) in [6.45, 7) is 2.11. The van der Waals surface area contributed by atoms with Crippen LogP contribution in [0.25, 0.3) is 0 Å². The Morgan fingerprint density at radius 2 is 2.25 bits per heavy atom. The molecule has 3 nitrogen and oxygen atoms in total. The van der Waals surface area contributed by atoms with Gasteiger partial charge in [-0.25, -0.2) is 4.39 Å². The molecule has 0 saturated heterocycles. The Balaban J connectivity index is 2.07. The lowest BCUT2D eigenvalue weighted by molar-refractivity contribution is 0.139. The molecule has 0 unspecified atom stereocenters.